The van der Waals surface area contributed by atoms with Crippen LogP contribution in [0.2, 0.25) is 5.02 Å². The van der Waals surface area contributed by atoms with Crippen LogP contribution in [-0.4, -0.2) is 30.0 Å². The number of nitrogens with zero attached hydrogens (tertiary/aromatic N) is 1. The predicted molar refractivity (Wildman–Crippen MR) is 90.5 cm³/mol. The van der Waals surface area contributed by atoms with Gasteiger partial charge in [0.2, 0.25) is 5.91 Å². The van der Waals surface area contributed by atoms with Crippen molar-refractivity contribution < 1.29 is 14.3 Å². The number of rotatable bonds is 3. The van der Waals surface area contributed by atoms with Crippen LogP contribution >= 0.6 is 11.6 Å². The van der Waals surface area contributed by atoms with Gasteiger partial charge in [0.05, 0.1) is 0 Å². The number of halogens is 1. The highest BCUT2D eigenvalue weighted by Gasteiger charge is 2.35. The molecule has 0 saturated carbocycles. The van der Waals surface area contributed by atoms with Gasteiger partial charge in [0.15, 0.2) is 0 Å². The molecule has 0 radical (unpaired) electrons. The van der Waals surface area contributed by atoms with Crippen molar-refractivity contribution in [1.82, 2.24) is 10.2 Å². The first kappa shape index (κ1) is 16.3. The average Bonchev–Trinajstić information content (AvgIpc) is 2.61. The predicted octanol–water partition coefficient (Wildman–Crippen LogP) is 3.15. The third-order valence-corrected chi connectivity index (χ3v) is 4.09. The second-order valence-corrected chi connectivity index (χ2v) is 5.92. The molecule has 1 saturated heterocycles. The van der Waals surface area contributed by atoms with Gasteiger partial charge in [0.1, 0.15) is 12.6 Å². The number of amides is 2. The van der Waals surface area contributed by atoms with Crippen LogP contribution in [0.4, 0.5) is 4.79 Å². The molecule has 0 aromatic heterocycles. The molecule has 5 nitrogen and oxygen atoms in total. The van der Waals surface area contributed by atoms with Gasteiger partial charge >= 0.3 is 6.09 Å². The molecule has 1 heterocycles. The van der Waals surface area contributed by atoms with E-state index in [9.17, 15) is 9.59 Å². The van der Waals surface area contributed by atoms with Crippen LogP contribution in [-0.2, 0) is 16.1 Å². The molecule has 6 heteroatoms. The van der Waals surface area contributed by atoms with Crippen LogP contribution < -0.4 is 5.32 Å². The van der Waals surface area contributed by atoms with Gasteiger partial charge in [-0.25, -0.2) is 4.79 Å². The first-order valence-electron chi connectivity index (χ1n) is 7.65. The summed E-state index contributed by atoms with van der Waals surface area (Å²) in [6, 6.07) is 15.6. The Morgan fingerprint density at radius 2 is 1.88 bits per heavy atom. The smallest absolute Gasteiger partial charge is 0.411 e. The maximum absolute atomic E-state index is 12.5. The van der Waals surface area contributed by atoms with Crippen molar-refractivity contribution in [2.75, 3.05) is 13.1 Å². The largest absolute Gasteiger partial charge is 0.445 e. The normalized spacial score (nSPS) is 17.3. The summed E-state index contributed by atoms with van der Waals surface area (Å²) in [6.45, 7) is 0.973. The minimum atomic E-state index is -0.709. The van der Waals surface area contributed by atoms with E-state index in [1.165, 1.54) is 4.90 Å². The Morgan fingerprint density at radius 3 is 2.58 bits per heavy atom. The summed E-state index contributed by atoms with van der Waals surface area (Å²) >= 11 is 5.90. The molecule has 1 atom stereocenters. The van der Waals surface area contributed by atoms with Gasteiger partial charge in [0, 0.05) is 18.1 Å². The average molecular weight is 345 g/mol. The number of carbonyl (C=O) groups is 2. The molecule has 2 aromatic carbocycles. The molecule has 2 amide bonds. The van der Waals surface area contributed by atoms with E-state index in [0.717, 1.165) is 5.56 Å². The quantitative estimate of drug-likeness (QED) is 0.930. The summed E-state index contributed by atoms with van der Waals surface area (Å²) in [5.41, 5.74) is 1.60. The highest BCUT2D eigenvalue weighted by atomic mass is 35.5. The lowest BCUT2D eigenvalue weighted by atomic mass is 10.0. The van der Waals surface area contributed by atoms with Crippen molar-refractivity contribution in [3.05, 3.63) is 70.7 Å². The number of nitrogens with one attached hydrogen (secondary N) is 1. The zero-order chi connectivity index (χ0) is 16.9. The van der Waals surface area contributed by atoms with Gasteiger partial charge in [0.25, 0.3) is 0 Å². The van der Waals surface area contributed by atoms with Crippen molar-refractivity contribution in [3.8, 4) is 0 Å². The second-order valence-electron chi connectivity index (χ2n) is 5.48. The van der Waals surface area contributed by atoms with Gasteiger partial charge in [-0.2, -0.15) is 0 Å². The van der Waals surface area contributed by atoms with Crippen molar-refractivity contribution in [2.24, 2.45) is 0 Å². The van der Waals surface area contributed by atoms with Gasteiger partial charge in [-0.15, -0.1) is 0 Å². The van der Waals surface area contributed by atoms with Crippen molar-refractivity contribution in [3.63, 3.8) is 0 Å². The molecule has 0 spiro atoms. The van der Waals surface area contributed by atoms with Crippen LogP contribution in [0, 0.1) is 0 Å². The summed E-state index contributed by atoms with van der Waals surface area (Å²) in [7, 11) is 0. The fraction of sp³-hybridized carbons (Fsp3) is 0.222. The SMILES string of the molecule is O=C1NCCN(C(=O)OCc2ccccc2)C1c1ccc(Cl)cc1. The van der Waals surface area contributed by atoms with E-state index in [0.29, 0.717) is 23.7 Å². The number of hydrogen-bond donors (Lipinski definition) is 1. The highest BCUT2D eigenvalue weighted by molar-refractivity contribution is 6.30. The number of hydrogen-bond acceptors (Lipinski definition) is 3. The Bertz CT molecular complexity index is 719. The monoisotopic (exact) mass is 344 g/mol. The molecule has 124 valence electrons. The Labute approximate surface area is 145 Å². The minimum Gasteiger partial charge on any atom is -0.445 e. The first-order valence-corrected chi connectivity index (χ1v) is 8.03. The van der Waals surface area contributed by atoms with Gasteiger partial charge < -0.3 is 10.1 Å². The minimum absolute atomic E-state index is 0.172. The van der Waals surface area contributed by atoms with Gasteiger partial charge in [-0.1, -0.05) is 54.1 Å². The molecule has 1 fully saturated rings. The molecule has 24 heavy (non-hydrogen) atoms. The fourth-order valence-corrected chi connectivity index (χ4v) is 2.77. The molecule has 0 aliphatic carbocycles. The van der Waals surface area contributed by atoms with E-state index in [2.05, 4.69) is 5.32 Å². The van der Waals surface area contributed by atoms with Crippen LogP contribution in [0.3, 0.4) is 0 Å². The number of piperazine rings is 1. The summed E-state index contributed by atoms with van der Waals surface area (Å²) in [5, 5.41) is 3.36. The van der Waals surface area contributed by atoms with Crippen molar-refractivity contribution in [2.45, 2.75) is 12.6 Å². The molecule has 3 rings (SSSR count). The molecule has 0 bridgehead atoms. The van der Waals surface area contributed by atoms with Crippen LogP contribution in [0.25, 0.3) is 0 Å². The Balaban J connectivity index is 1.74. The van der Waals surface area contributed by atoms with Gasteiger partial charge in [-0.3, -0.25) is 9.69 Å². The highest BCUT2D eigenvalue weighted by Crippen LogP contribution is 2.25. The molecule has 1 N–H and O–H groups in total. The maximum Gasteiger partial charge on any atom is 0.411 e. The van der Waals surface area contributed by atoms with E-state index in [4.69, 9.17) is 16.3 Å². The van der Waals surface area contributed by atoms with Crippen LogP contribution in [0.1, 0.15) is 17.2 Å². The third kappa shape index (κ3) is 3.68. The lowest BCUT2D eigenvalue weighted by molar-refractivity contribution is -0.128. The molecule has 1 aliphatic heterocycles. The lowest BCUT2D eigenvalue weighted by Gasteiger charge is -2.34. The van der Waals surface area contributed by atoms with E-state index in [-0.39, 0.29) is 12.5 Å². The Kier molecular flexibility index (Phi) is 5.01. The van der Waals surface area contributed by atoms with Gasteiger partial charge in [-0.05, 0) is 23.3 Å². The fourth-order valence-electron chi connectivity index (χ4n) is 2.64. The molecule has 1 aliphatic rings. The Hall–Kier alpha value is -2.53. The first-order chi connectivity index (χ1) is 11.6. The zero-order valence-electron chi connectivity index (χ0n) is 12.9. The summed E-state index contributed by atoms with van der Waals surface area (Å²) < 4.78 is 5.37. The number of benzene rings is 2. The topological polar surface area (TPSA) is 58.6 Å². The standard InChI is InChI=1S/C18H17ClN2O3/c19-15-8-6-14(7-9-15)16-17(22)20-10-11-21(16)18(23)24-12-13-4-2-1-3-5-13/h1-9,16H,10-12H2,(H,20,22). The van der Waals surface area contributed by atoms with Crippen molar-refractivity contribution >= 4 is 23.6 Å². The van der Waals surface area contributed by atoms with Crippen LogP contribution in [0.5, 0.6) is 0 Å². The second kappa shape index (κ2) is 7.36. The maximum atomic E-state index is 12.5. The van der Waals surface area contributed by atoms with E-state index in [1.807, 2.05) is 30.3 Å². The molecular formula is C18H17ClN2O3. The Morgan fingerprint density at radius 1 is 1.17 bits per heavy atom. The molecule has 2 aromatic rings. The number of carbonyl (C=O) groups excluding carboxylic acids is 2. The lowest BCUT2D eigenvalue weighted by Crippen LogP contribution is -2.52. The molecular weight excluding hydrogens is 328 g/mol. The summed E-state index contributed by atoms with van der Waals surface area (Å²) in [5.74, 6) is -0.222. The van der Waals surface area contributed by atoms with E-state index >= 15 is 0 Å². The number of ether oxygens (including phenoxy) is 1. The zero-order valence-corrected chi connectivity index (χ0v) is 13.7. The van der Waals surface area contributed by atoms with E-state index in [1.54, 1.807) is 24.3 Å². The summed E-state index contributed by atoms with van der Waals surface area (Å²) in [4.78, 5) is 26.2. The molecule has 1 unspecified atom stereocenters. The van der Waals surface area contributed by atoms with Crippen LogP contribution in [0.15, 0.2) is 54.6 Å². The third-order valence-electron chi connectivity index (χ3n) is 3.84. The summed E-state index contributed by atoms with van der Waals surface area (Å²) in [6.07, 6.45) is -0.506. The van der Waals surface area contributed by atoms with Crippen molar-refractivity contribution in [1.29, 1.82) is 0 Å². The van der Waals surface area contributed by atoms with E-state index < -0.39 is 12.1 Å².